The first-order valence-corrected chi connectivity index (χ1v) is 8.06. The quantitative estimate of drug-likeness (QED) is 0.845. The van der Waals surface area contributed by atoms with Crippen molar-refractivity contribution in [3.63, 3.8) is 0 Å². The lowest BCUT2D eigenvalue weighted by Gasteiger charge is -2.27. The van der Waals surface area contributed by atoms with Crippen molar-refractivity contribution in [3.05, 3.63) is 56.8 Å². The summed E-state index contributed by atoms with van der Waals surface area (Å²) in [6, 6.07) is 7.02. The Morgan fingerprint density at radius 2 is 1.74 bits per heavy atom. The van der Waals surface area contributed by atoms with Gasteiger partial charge in [0.05, 0.1) is 32.8 Å². The predicted octanol–water partition coefficient (Wildman–Crippen LogP) is 1.93. The number of fused-ring (bicyclic) bond motifs is 1. The molecule has 0 radical (unpaired) electrons. The molecule has 0 bridgehead atoms. The third-order valence-corrected chi connectivity index (χ3v) is 4.40. The van der Waals surface area contributed by atoms with Crippen LogP contribution in [-0.2, 0) is 0 Å². The summed E-state index contributed by atoms with van der Waals surface area (Å²) in [6.07, 6.45) is 0. The Morgan fingerprint density at radius 1 is 1.11 bits per heavy atom. The van der Waals surface area contributed by atoms with Crippen LogP contribution in [0, 0.1) is 18.3 Å². The van der Waals surface area contributed by atoms with Crippen molar-refractivity contribution in [1.82, 2.24) is 4.98 Å². The summed E-state index contributed by atoms with van der Waals surface area (Å²) >= 11 is 0. The standard InChI is InChI=1S/C19H19N3O5/c1-9-5-15-17(19(23)22-9)16(11(8-20)18(21)27-15)10-6-13(25-3)14(26-4)7-12(10)24-2/h5-7,16H,21H2,1-4H3,(H,22,23). The van der Waals surface area contributed by atoms with Crippen LogP contribution in [0.1, 0.15) is 22.7 Å². The van der Waals surface area contributed by atoms with E-state index < -0.39 is 5.92 Å². The van der Waals surface area contributed by atoms with Crippen LogP contribution < -0.4 is 30.2 Å². The Hall–Kier alpha value is -3.60. The van der Waals surface area contributed by atoms with Gasteiger partial charge in [0.1, 0.15) is 23.1 Å². The predicted molar refractivity (Wildman–Crippen MR) is 97.2 cm³/mol. The summed E-state index contributed by atoms with van der Waals surface area (Å²) in [4.78, 5) is 15.4. The van der Waals surface area contributed by atoms with Gasteiger partial charge < -0.3 is 29.7 Å². The lowest BCUT2D eigenvalue weighted by molar-refractivity contribution is 0.346. The second-order valence-electron chi connectivity index (χ2n) is 5.93. The smallest absolute Gasteiger partial charge is 0.256 e. The molecule has 2 aromatic rings. The van der Waals surface area contributed by atoms with Crippen molar-refractivity contribution in [2.24, 2.45) is 5.73 Å². The number of rotatable bonds is 4. The van der Waals surface area contributed by atoms with Gasteiger partial charge in [0.15, 0.2) is 11.5 Å². The Labute approximate surface area is 155 Å². The van der Waals surface area contributed by atoms with Crippen molar-refractivity contribution in [3.8, 4) is 29.1 Å². The number of aryl methyl sites for hydroxylation is 1. The number of aromatic nitrogens is 1. The maximum atomic E-state index is 12.7. The topological polar surface area (TPSA) is 120 Å². The third-order valence-electron chi connectivity index (χ3n) is 4.40. The zero-order valence-corrected chi connectivity index (χ0v) is 15.4. The van der Waals surface area contributed by atoms with Gasteiger partial charge in [-0.1, -0.05) is 0 Å². The van der Waals surface area contributed by atoms with Gasteiger partial charge in [-0.2, -0.15) is 5.26 Å². The van der Waals surface area contributed by atoms with E-state index in [1.165, 1.54) is 21.3 Å². The van der Waals surface area contributed by atoms with Gasteiger partial charge >= 0.3 is 0 Å². The number of hydrogen-bond acceptors (Lipinski definition) is 7. The van der Waals surface area contributed by atoms with Crippen LogP contribution in [0.3, 0.4) is 0 Å². The van der Waals surface area contributed by atoms with Crippen molar-refractivity contribution < 1.29 is 18.9 Å². The van der Waals surface area contributed by atoms with E-state index in [9.17, 15) is 10.1 Å². The van der Waals surface area contributed by atoms with E-state index in [0.29, 0.717) is 34.3 Å². The zero-order chi connectivity index (χ0) is 19.7. The van der Waals surface area contributed by atoms with Crippen LogP contribution in [0.5, 0.6) is 23.0 Å². The first-order chi connectivity index (χ1) is 12.9. The number of ether oxygens (including phenoxy) is 4. The normalized spacial score (nSPS) is 15.4. The minimum Gasteiger partial charge on any atom is -0.496 e. The number of methoxy groups -OCH3 is 3. The number of H-pyrrole nitrogens is 1. The van der Waals surface area contributed by atoms with Crippen LogP contribution in [0.4, 0.5) is 0 Å². The Morgan fingerprint density at radius 3 is 2.33 bits per heavy atom. The molecule has 1 aliphatic rings. The maximum Gasteiger partial charge on any atom is 0.256 e. The summed E-state index contributed by atoms with van der Waals surface area (Å²) in [5.74, 6) is 0.773. The van der Waals surface area contributed by atoms with E-state index in [1.807, 2.05) is 0 Å². The summed E-state index contributed by atoms with van der Waals surface area (Å²) in [5.41, 5.74) is 7.15. The first kappa shape index (κ1) is 18.2. The minimum atomic E-state index is -0.780. The van der Waals surface area contributed by atoms with E-state index in [4.69, 9.17) is 24.7 Å². The average Bonchev–Trinajstić information content (AvgIpc) is 2.65. The molecule has 0 saturated carbocycles. The van der Waals surface area contributed by atoms with E-state index >= 15 is 0 Å². The molecular weight excluding hydrogens is 350 g/mol. The molecule has 0 aliphatic carbocycles. The molecule has 8 nitrogen and oxygen atoms in total. The summed E-state index contributed by atoms with van der Waals surface area (Å²) < 4.78 is 21.7. The fourth-order valence-electron chi connectivity index (χ4n) is 3.20. The zero-order valence-electron chi connectivity index (χ0n) is 15.4. The highest BCUT2D eigenvalue weighted by atomic mass is 16.5. The molecule has 2 heterocycles. The molecule has 0 spiro atoms. The van der Waals surface area contributed by atoms with Crippen LogP contribution >= 0.6 is 0 Å². The molecule has 3 N–H and O–H groups in total. The molecule has 1 unspecified atom stereocenters. The number of nitrogens with two attached hydrogens (primary N) is 1. The highest BCUT2D eigenvalue weighted by Gasteiger charge is 2.36. The molecule has 3 rings (SSSR count). The van der Waals surface area contributed by atoms with Crippen LogP contribution in [0.25, 0.3) is 0 Å². The lowest BCUT2D eigenvalue weighted by Crippen LogP contribution is -2.28. The van der Waals surface area contributed by atoms with Gasteiger partial charge in [0.25, 0.3) is 5.56 Å². The van der Waals surface area contributed by atoms with Gasteiger partial charge in [-0.25, -0.2) is 0 Å². The SMILES string of the molecule is COc1cc(OC)c(C2C(C#N)=C(N)Oc3cc(C)[nH]c(=O)c32)cc1OC. The Kier molecular flexibility index (Phi) is 4.69. The molecule has 8 heteroatoms. The fourth-order valence-corrected chi connectivity index (χ4v) is 3.20. The third kappa shape index (κ3) is 2.93. The fraction of sp³-hybridized carbons (Fsp3) is 0.263. The average molecular weight is 369 g/mol. The second-order valence-corrected chi connectivity index (χ2v) is 5.93. The van der Waals surface area contributed by atoms with Crippen LogP contribution in [-0.4, -0.2) is 26.3 Å². The van der Waals surface area contributed by atoms with Gasteiger partial charge in [0, 0.05) is 23.4 Å². The van der Waals surface area contributed by atoms with Gasteiger partial charge in [0.2, 0.25) is 5.88 Å². The van der Waals surface area contributed by atoms with Gasteiger partial charge in [-0.15, -0.1) is 0 Å². The number of aromatic amines is 1. The number of benzene rings is 1. The molecule has 1 aromatic heterocycles. The lowest BCUT2D eigenvalue weighted by atomic mass is 9.83. The molecule has 1 aliphatic heterocycles. The van der Waals surface area contributed by atoms with Crippen molar-refractivity contribution >= 4 is 0 Å². The number of nitriles is 1. The molecule has 27 heavy (non-hydrogen) atoms. The van der Waals surface area contributed by atoms with E-state index in [0.717, 1.165) is 0 Å². The molecule has 1 aromatic carbocycles. The van der Waals surface area contributed by atoms with E-state index in [1.54, 1.807) is 25.1 Å². The molecule has 0 amide bonds. The molecular formula is C19H19N3O5. The van der Waals surface area contributed by atoms with E-state index in [-0.39, 0.29) is 22.6 Å². The van der Waals surface area contributed by atoms with Crippen LogP contribution in [0.15, 0.2) is 34.4 Å². The molecule has 0 fully saturated rings. The number of nitrogens with zero attached hydrogens (tertiary/aromatic N) is 1. The van der Waals surface area contributed by atoms with Crippen molar-refractivity contribution in [2.45, 2.75) is 12.8 Å². The van der Waals surface area contributed by atoms with Gasteiger partial charge in [-0.05, 0) is 13.0 Å². The minimum absolute atomic E-state index is 0.0585. The largest absolute Gasteiger partial charge is 0.496 e. The number of allylic oxidation sites excluding steroid dienone is 1. The summed E-state index contributed by atoms with van der Waals surface area (Å²) in [5, 5.41) is 9.68. The van der Waals surface area contributed by atoms with Crippen LogP contribution in [0.2, 0.25) is 0 Å². The summed E-state index contributed by atoms with van der Waals surface area (Å²) in [7, 11) is 4.49. The monoisotopic (exact) mass is 369 g/mol. The number of pyridine rings is 1. The second kappa shape index (κ2) is 6.96. The molecule has 0 saturated heterocycles. The number of nitrogens with one attached hydrogen (secondary N) is 1. The van der Waals surface area contributed by atoms with Gasteiger partial charge in [-0.3, -0.25) is 4.79 Å². The van der Waals surface area contributed by atoms with Crippen molar-refractivity contribution in [2.75, 3.05) is 21.3 Å². The highest BCUT2D eigenvalue weighted by molar-refractivity contribution is 5.61. The maximum absolute atomic E-state index is 12.7. The summed E-state index contributed by atoms with van der Waals surface area (Å²) in [6.45, 7) is 1.73. The number of hydrogen-bond donors (Lipinski definition) is 2. The molecule has 140 valence electrons. The Bertz CT molecular complexity index is 1030. The van der Waals surface area contributed by atoms with Crippen molar-refractivity contribution in [1.29, 1.82) is 5.26 Å². The first-order valence-electron chi connectivity index (χ1n) is 8.06. The molecule has 1 atom stereocenters. The Balaban J connectivity index is 2.37. The van der Waals surface area contributed by atoms with E-state index in [2.05, 4.69) is 11.1 Å². The highest BCUT2D eigenvalue weighted by Crippen LogP contribution is 2.46.